The summed E-state index contributed by atoms with van der Waals surface area (Å²) in [6.45, 7) is 13.3. The molecule has 0 aromatic heterocycles. The predicted octanol–water partition coefficient (Wildman–Crippen LogP) is 3.33. The topological polar surface area (TPSA) is 32.3 Å². The summed E-state index contributed by atoms with van der Waals surface area (Å²) >= 11 is 0. The SMILES string of the molecule is CC(=O)N1CCC(NCc2ccc(C(C)(C)C)cc2)C(C)C1. The summed E-state index contributed by atoms with van der Waals surface area (Å²) in [4.78, 5) is 13.4. The van der Waals surface area contributed by atoms with Gasteiger partial charge in [-0.15, -0.1) is 0 Å². The molecule has 1 aromatic rings. The van der Waals surface area contributed by atoms with Crippen molar-refractivity contribution in [3.8, 4) is 0 Å². The Labute approximate surface area is 135 Å². The second kappa shape index (κ2) is 6.82. The molecule has 1 aliphatic heterocycles. The van der Waals surface area contributed by atoms with Crippen LogP contribution in [0.4, 0.5) is 0 Å². The Morgan fingerprint density at radius 2 is 1.91 bits per heavy atom. The molecular weight excluding hydrogens is 272 g/mol. The van der Waals surface area contributed by atoms with E-state index in [-0.39, 0.29) is 11.3 Å². The van der Waals surface area contributed by atoms with Crippen LogP contribution in [0.3, 0.4) is 0 Å². The van der Waals surface area contributed by atoms with Gasteiger partial charge < -0.3 is 10.2 Å². The lowest BCUT2D eigenvalue weighted by atomic mass is 9.86. The number of rotatable bonds is 3. The molecule has 2 unspecified atom stereocenters. The fraction of sp³-hybridized carbons (Fsp3) is 0.632. The highest BCUT2D eigenvalue weighted by molar-refractivity contribution is 5.73. The van der Waals surface area contributed by atoms with Gasteiger partial charge in [0.15, 0.2) is 0 Å². The van der Waals surface area contributed by atoms with E-state index in [4.69, 9.17) is 0 Å². The molecule has 1 aromatic carbocycles. The van der Waals surface area contributed by atoms with Crippen molar-refractivity contribution in [3.63, 3.8) is 0 Å². The van der Waals surface area contributed by atoms with Crippen LogP contribution in [-0.4, -0.2) is 29.9 Å². The molecule has 1 saturated heterocycles. The number of carbonyl (C=O) groups excluding carboxylic acids is 1. The number of benzene rings is 1. The molecule has 0 bridgehead atoms. The van der Waals surface area contributed by atoms with Gasteiger partial charge in [0.2, 0.25) is 5.91 Å². The molecule has 0 spiro atoms. The van der Waals surface area contributed by atoms with Crippen LogP contribution < -0.4 is 5.32 Å². The van der Waals surface area contributed by atoms with Gasteiger partial charge in [-0.05, 0) is 28.9 Å². The molecule has 1 heterocycles. The molecule has 2 atom stereocenters. The second-order valence-corrected chi connectivity index (χ2v) is 7.67. The van der Waals surface area contributed by atoms with Gasteiger partial charge >= 0.3 is 0 Å². The average Bonchev–Trinajstić information content (AvgIpc) is 2.45. The highest BCUT2D eigenvalue weighted by Gasteiger charge is 2.26. The highest BCUT2D eigenvalue weighted by atomic mass is 16.2. The van der Waals surface area contributed by atoms with Crippen LogP contribution in [-0.2, 0) is 16.8 Å². The summed E-state index contributed by atoms with van der Waals surface area (Å²) in [6.07, 6.45) is 1.04. The zero-order chi connectivity index (χ0) is 16.3. The number of carbonyl (C=O) groups is 1. The number of hydrogen-bond donors (Lipinski definition) is 1. The molecule has 22 heavy (non-hydrogen) atoms. The Balaban J connectivity index is 1.87. The lowest BCUT2D eigenvalue weighted by Crippen LogP contribution is -2.49. The van der Waals surface area contributed by atoms with Gasteiger partial charge in [-0.2, -0.15) is 0 Å². The highest BCUT2D eigenvalue weighted by Crippen LogP contribution is 2.22. The average molecular weight is 302 g/mol. The Kier molecular flexibility index (Phi) is 5.28. The van der Waals surface area contributed by atoms with Gasteiger partial charge in [-0.25, -0.2) is 0 Å². The molecule has 1 fully saturated rings. The van der Waals surface area contributed by atoms with E-state index in [1.165, 1.54) is 11.1 Å². The van der Waals surface area contributed by atoms with Gasteiger partial charge in [0.05, 0.1) is 0 Å². The first-order chi connectivity index (χ1) is 10.3. The molecule has 0 saturated carbocycles. The Morgan fingerprint density at radius 1 is 1.27 bits per heavy atom. The van der Waals surface area contributed by atoms with Crippen LogP contribution in [0.5, 0.6) is 0 Å². The summed E-state index contributed by atoms with van der Waals surface area (Å²) in [5, 5.41) is 3.67. The molecule has 1 aliphatic rings. The van der Waals surface area contributed by atoms with Gasteiger partial charge in [0.25, 0.3) is 0 Å². The van der Waals surface area contributed by atoms with Gasteiger partial charge in [0.1, 0.15) is 0 Å². The lowest BCUT2D eigenvalue weighted by Gasteiger charge is -2.37. The van der Waals surface area contributed by atoms with E-state index in [9.17, 15) is 4.79 Å². The summed E-state index contributed by atoms with van der Waals surface area (Å²) in [6, 6.07) is 9.42. The van der Waals surface area contributed by atoms with Crippen molar-refractivity contribution in [2.75, 3.05) is 13.1 Å². The van der Waals surface area contributed by atoms with E-state index < -0.39 is 0 Å². The maximum absolute atomic E-state index is 11.4. The molecule has 0 radical (unpaired) electrons. The largest absolute Gasteiger partial charge is 0.343 e. The van der Waals surface area contributed by atoms with E-state index in [1.54, 1.807) is 6.92 Å². The molecule has 2 rings (SSSR count). The van der Waals surface area contributed by atoms with Crippen molar-refractivity contribution < 1.29 is 4.79 Å². The third-order valence-electron chi connectivity index (χ3n) is 4.74. The molecular formula is C19H30N2O. The van der Waals surface area contributed by atoms with Crippen LogP contribution in [0.1, 0.15) is 52.2 Å². The third-order valence-corrected chi connectivity index (χ3v) is 4.74. The van der Waals surface area contributed by atoms with E-state index in [1.807, 2.05) is 4.90 Å². The van der Waals surface area contributed by atoms with Crippen molar-refractivity contribution in [3.05, 3.63) is 35.4 Å². The minimum absolute atomic E-state index is 0.197. The second-order valence-electron chi connectivity index (χ2n) is 7.67. The van der Waals surface area contributed by atoms with Crippen LogP contribution in [0.2, 0.25) is 0 Å². The molecule has 1 amide bonds. The van der Waals surface area contributed by atoms with Crippen molar-refractivity contribution in [1.82, 2.24) is 10.2 Å². The van der Waals surface area contributed by atoms with Crippen LogP contribution in [0, 0.1) is 5.92 Å². The van der Waals surface area contributed by atoms with E-state index >= 15 is 0 Å². The quantitative estimate of drug-likeness (QED) is 0.929. The minimum Gasteiger partial charge on any atom is -0.343 e. The van der Waals surface area contributed by atoms with Crippen molar-refractivity contribution >= 4 is 5.91 Å². The zero-order valence-electron chi connectivity index (χ0n) is 14.6. The fourth-order valence-corrected chi connectivity index (χ4v) is 3.11. The van der Waals surface area contributed by atoms with Gasteiger partial charge in [0, 0.05) is 32.6 Å². The molecule has 3 nitrogen and oxygen atoms in total. The number of amides is 1. The Morgan fingerprint density at radius 3 is 2.41 bits per heavy atom. The minimum atomic E-state index is 0.197. The van der Waals surface area contributed by atoms with Crippen LogP contribution in [0.15, 0.2) is 24.3 Å². The first-order valence-corrected chi connectivity index (χ1v) is 8.35. The normalized spacial score (nSPS) is 22.7. The van der Waals surface area contributed by atoms with Crippen LogP contribution in [0.25, 0.3) is 0 Å². The fourth-order valence-electron chi connectivity index (χ4n) is 3.11. The maximum atomic E-state index is 11.4. The summed E-state index contributed by atoms with van der Waals surface area (Å²) < 4.78 is 0. The van der Waals surface area contributed by atoms with Gasteiger partial charge in [-0.1, -0.05) is 52.0 Å². The molecule has 3 heteroatoms. The number of piperidine rings is 1. The first kappa shape index (κ1) is 17.0. The number of nitrogens with zero attached hydrogens (tertiary/aromatic N) is 1. The molecule has 0 aliphatic carbocycles. The smallest absolute Gasteiger partial charge is 0.219 e. The first-order valence-electron chi connectivity index (χ1n) is 8.35. The predicted molar refractivity (Wildman–Crippen MR) is 91.8 cm³/mol. The van der Waals surface area contributed by atoms with Crippen molar-refractivity contribution in [2.45, 2.75) is 59.0 Å². The van der Waals surface area contributed by atoms with Crippen molar-refractivity contribution in [1.29, 1.82) is 0 Å². The van der Waals surface area contributed by atoms with E-state index in [2.05, 4.69) is 57.3 Å². The Bertz CT molecular complexity index is 501. The Hall–Kier alpha value is -1.35. The summed E-state index contributed by atoms with van der Waals surface area (Å²) in [7, 11) is 0. The number of hydrogen-bond acceptors (Lipinski definition) is 2. The van der Waals surface area contributed by atoms with Crippen LogP contribution >= 0.6 is 0 Å². The third kappa shape index (κ3) is 4.33. The van der Waals surface area contributed by atoms with Gasteiger partial charge in [-0.3, -0.25) is 4.79 Å². The maximum Gasteiger partial charge on any atom is 0.219 e. The molecule has 122 valence electrons. The van der Waals surface area contributed by atoms with Crippen molar-refractivity contribution in [2.24, 2.45) is 5.92 Å². The standard InChI is InChI=1S/C19H30N2O/c1-14-13-21(15(2)22)11-10-18(14)20-12-16-6-8-17(9-7-16)19(3,4)5/h6-9,14,18,20H,10-13H2,1-5H3. The number of nitrogens with one attached hydrogen (secondary N) is 1. The lowest BCUT2D eigenvalue weighted by molar-refractivity contribution is -0.130. The van der Waals surface area contributed by atoms with E-state index in [0.29, 0.717) is 12.0 Å². The van der Waals surface area contributed by atoms with E-state index in [0.717, 1.165) is 26.1 Å². The monoisotopic (exact) mass is 302 g/mol. The summed E-state index contributed by atoms with van der Waals surface area (Å²) in [5.74, 6) is 0.703. The summed E-state index contributed by atoms with van der Waals surface area (Å²) in [5.41, 5.74) is 2.91. The molecule has 1 N–H and O–H groups in total. The zero-order valence-corrected chi connectivity index (χ0v) is 14.6. The number of likely N-dealkylation sites (tertiary alicyclic amines) is 1.